The van der Waals surface area contributed by atoms with Crippen LogP contribution in [0.1, 0.15) is 96.8 Å². The van der Waals surface area contributed by atoms with Gasteiger partial charge in [0.05, 0.1) is 6.61 Å². The van der Waals surface area contributed by atoms with Crippen LogP contribution in [-0.2, 0) is 59.9 Å². The van der Waals surface area contributed by atoms with E-state index < -0.39 is 99.2 Å². The quantitative estimate of drug-likeness (QED) is 0.0178. The van der Waals surface area contributed by atoms with Gasteiger partial charge >= 0.3 is 43.2 Å². The summed E-state index contributed by atoms with van der Waals surface area (Å²) in [6, 6.07) is 0. The zero-order valence-electron chi connectivity index (χ0n) is 32.6. The average Bonchev–Trinajstić information content (AvgIpc) is 3.13. The van der Waals surface area contributed by atoms with Gasteiger partial charge in [0, 0.05) is 12.3 Å². The Bertz CT molecular complexity index is 1740. The molecule has 1 fully saturated rings. The summed E-state index contributed by atoms with van der Waals surface area (Å²) in [5.41, 5.74) is 0. The summed E-state index contributed by atoms with van der Waals surface area (Å²) in [5.74, 6) is 12.9. The van der Waals surface area contributed by atoms with E-state index in [2.05, 4.69) is 50.1 Å². The third-order valence-electron chi connectivity index (χ3n) is 8.12. The number of esters is 2. The van der Waals surface area contributed by atoms with Crippen LogP contribution >= 0.6 is 31.3 Å². The molecule has 1 aliphatic rings. The molecule has 0 bridgehead atoms. The summed E-state index contributed by atoms with van der Waals surface area (Å²) in [6.45, 7) is 0.218. The maximum atomic E-state index is 13.1. The fourth-order valence-corrected chi connectivity index (χ4v) is 8.20. The molecule has 4 unspecified atom stereocenters. The van der Waals surface area contributed by atoms with Crippen LogP contribution in [0, 0.1) is 47.9 Å². The Hall–Kier alpha value is -2.46. The second-order valence-corrected chi connectivity index (χ2v) is 18.1. The summed E-state index contributed by atoms with van der Waals surface area (Å²) in [7, 11) is -23.1. The Morgan fingerprint density at radius 2 is 1.02 bits per heavy atom. The SMILES string of the molecule is C#CC#CC#CC#CC(=O)OC[C@H](COP(=O)(O)OC1C(O)[C@H](OP(=O)(O)O)[C@H](OP(=O)(O)O)C(OP(=O)(O)O)[C@@H]1O)OC(=O)CCCCCCCCCCCCCCC. The van der Waals surface area contributed by atoms with Crippen LogP contribution in [0.25, 0.3) is 0 Å². The van der Waals surface area contributed by atoms with E-state index in [0.29, 0.717) is 12.8 Å². The minimum Gasteiger partial charge on any atom is -0.456 e. The second kappa shape index (κ2) is 28.3. The van der Waals surface area contributed by atoms with Crippen molar-refractivity contribution in [3.8, 4) is 47.9 Å². The molecule has 0 amide bonds. The van der Waals surface area contributed by atoms with Crippen molar-refractivity contribution < 1.29 is 104 Å². The van der Waals surface area contributed by atoms with Gasteiger partial charge in [-0.1, -0.05) is 84.0 Å². The van der Waals surface area contributed by atoms with E-state index in [-0.39, 0.29) is 6.42 Å². The summed E-state index contributed by atoms with van der Waals surface area (Å²) >= 11 is 0. The highest BCUT2D eigenvalue weighted by molar-refractivity contribution is 7.47. The zero-order valence-corrected chi connectivity index (χ0v) is 36.1. The largest absolute Gasteiger partial charge is 0.472 e. The fraction of sp³-hybridized carbons (Fsp3) is 0.706. The van der Waals surface area contributed by atoms with Gasteiger partial charge in [0.2, 0.25) is 0 Å². The Balaban J connectivity index is 3.07. The topological polar surface area (TPSA) is 349 Å². The number of carbonyl (C=O) groups excluding carboxylic acids is 2. The number of rotatable bonds is 28. The molecule has 340 valence electrons. The first-order chi connectivity index (χ1) is 28.0. The molecule has 0 aromatic carbocycles. The minimum absolute atomic E-state index is 0.121. The predicted molar refractivity (Wildman–Crippen MR) is 207 cm³/mol. The Kier molecular flexibility index (Phi) is 26.2. The van der Waals surface area contributed by atoms with Gasteiger partial charge in [0.15, 0.2) is 6.10 Å². The first-order valence-electron chi connectivity index (χ1n) is 18.5. The number of hydrogen-bond donors (Lipinski definition) is 9. The zero-order chi connectivity index (χ0) is 45.4. The second-order valence-electron chi connectivity index (χ2n) is 13.1. The van der Waals surface area contributed by atoms with Crippen LogP contribution in [0.3, 0.4) is 0 Å². The van der Waals surface area contributed by atoms with Gasteiger partial charge in [0.1, 0.15) is 43.2 Å². The van der Waals surface area contributed by atoms with Crippen molar-refractivity contribution in [1.29, 1.82) is 0 Å². The van der Waals surface area contributed by atoms with Crippen LogP contribution in [0.4, 0.5) is 0 Å². The number of phosphoric acid groups is 4. The molecule has 0 radical (unpaired) electrons. The van der Waals surface area contributed by atoms with E-state index >= 15 is 0 Å². The van der Waals surface area contributed by atoms with Crippen molar-refractivity contribution in [3.63, 3.8) is 0 Å². The summed E-state index contributed by atoms with van der Waals surface area (Å²) in [6.07, 6.45) is 0.107. The maximum absolute atomic E-state index is 13.1. The Morgan fingerprint density at radius 3 is 1.48 bits per heavy atom. The number of aliphatic hydroxyl groups excluding tert-OH is 2. The normalized spacial score (nSPS) is 21.9. The molecule has 0 aromatic heterocycles. The Morgan fingerprint density at radius 1 is 0.583 bits per heavy atom. The molecule has 1 aliphatic carbocycles. The fourth-order valence-electron chi connectivity index (χ4n) is 5.54. The molecule has 0 spiro atoms. The van der Waals surface area contributed by atoms with Gasteiger partial charge in [0.25, 0.3) is 0 Å². The van der Waals surface area contributed by atoms with Crippen LogP contribution in [0.15, 0.2) is 0 Å². The van der Waals surface area contributed by atoms with Crippen LogP contribution in [-0.4, -0.2) is 112 Å². The van der Waals surface area contributed by atoms with E-state index in [4.69, 9.17) is 24.9 Å². The van der Waals surface area contributed by atoms with Crippen LogP contribution in [0.2, 0.25) is 0 Å². The predicted octanol–water partition coefficient (Wildman–Crippen LogP) is 2.24. The lowest BCUT2D eigenvalue weighted by Gasteiger charge is -2.45. The molecule has 0 aliphatic heterocycles. The lowest BCUT2D eigenvalue weighted by Crippen LogP contribution is -2.65. The van der Waals surface area contributed by atoms with E-state index in [0.717, 1.165) is 32.1 Å². The van der Waals surface area contributed by atoms with Gasteiger partial charge in [-0.05, 0) is 41.9 Å². The standard InChI is InChI=1S/C34H52O22P4/c1-3-5-7-9-11-12-13-14-15-16-17-19-21-23-28(36)52-26(24-50-27(35)22-20-18-10-8-6-4-2)25-51-60(48,49)56-31-29(37)32(53-57(39,40)41)34(55-59(45,46)47)33(30(31)38)54-58(42,43)44/h2,26,29-34,37-38H,3,5,7,9,11-17,19,21,23-25H2,1H3,(H,48,49)(H2,39,40,41)(H2,42,43,44)(H2,45,46,47)/t26-,29-,30?,31?,32?,33+,34-/m1/s1. The van der Waals surface area contributed by atoms with Crippen molar-refractivity contribution in [3.05, 3.63) is 0 Å². The van der Waals surface area contributed by atoms with Gasteiger partial charge in [-0.15, -0.1) is 6.42 Å². The van der Waals surface area contributed by atoms with E-state index in [1.807, 2.05) is 11.8 Å². The molecule has 8 atom stereocenters. The Labute approximate surface area is 347 Å². The number of unbranched alkanes of at least 4 members (excludes halogenated alkanes) is 12. The molecule has 26 heteroatoms. The molecule has 0 heterocycles. The molecular formula is C34H52O22P4. The van der Waals surface area contributed by atoms with Crippen LogP contribution in [0.5, 0.6) is 0 Å². The highest BCUT2D eigenvalue weighted by Crippen LogP contribution is 2.53. The van der Waals surface area contributed by atoms with Crippen LogP contribution < -0.4 is 0 Å². The summed E-state index contributed by atoms with van der Waals surface area (Å²) < 4.78 is 80.7. The first-order valence-corrected chi connectivity index (χ1v) is 24.6. The monoisotopic (exact) mass is 936 g/mol. The molecule has 22 nitrogen and oxygen atoms in total. The molecule has 1 saturated carbocycles. The number of terminal acetylenes is 1. The van der Waals surface area contributed by atoms with Gasteiger partial charge in [-0.2, -0.15) is 0 Å². The van der Waals surface area contributed by atoms with Gasteiger partial charge in [-0.25, -0.2) is 23.1 Å². The third kappa shape index (κ3) is 26.1. The minimum atomic E-state index is -5.81. The highest BCUT2D eigenvalue weighted by atomic mass is 31.2. The summed E-state index contributed by atoms with van der Waals surface area (Å²) in [4.78, 5) is 91.4. The van der Waals surface area contributed by atoms with Crippen molar-refractivity contribution in [2.75, 3.05) is 13.2 Å². The van der Waals surface area contributed by atoms with E-state index in [9.17, 15) is 72.3 Å². The van der Waals surface area contributed by atoms with Crippen molar-refractivity contribution in [1.82, 2.24) is 0 Å². The molecule has 0 aromatic rings. The molecular weight excluding hydrogens is 884 g/mol. The number of phosphoric ester groups is 4. The van der Waals surface area contributed by atoms with Crippen molar-refractivity contribution in [2.45, 2.75) is 140 Å². The molecule has 9 N–H and O–H groups in total. The van der Waals surface area contributed by atoms with E-state index in [1.165, 1.54) is 38.5 Å². The molecule has 60 heavy (non-hydrogen) atoms. The number of aliphatic hydroxyl groups is 2. The van der Waals surface area contributed by atoms with Gasteiger partial charge < -0.3 is 53.9 Å². The number of ether oxygens (including phenoxy) is 2. The van der Waals surface area contributed by atoms with Crippen molar-refractivity contribution >= 4 is 43.2 Å². The maximum Gasteiger partial charge on any atom is 0.472 e. The lowest BCUT2D eigenvalue weighted by molar-refractivity contribution is -0.209. The lowest BCUT2D eigenvalue weighted by atomic mass is 9.85. The summed E-state index contributed by atoms with van der Waals surface area (Å²) in [5, 5.41) is 21.6. The van der Waals surface area contributed by atoms with Crippen molar-refractivity contribution in [2.24, 2.45) is 0 Å². The van der Waals surface area contributed by atoms with Gasteiger partial charge in [-0.3, -0.25) is 27.4 Å². The molecule has 0 saturated heterocycles. The van der Waals surface area contributed by atoms with E-state index in [1.54, 1.807) is 0 Å². The third-order valence-corrected chi connectivity index (χ3v) is 10.7. The number of hydrogen-bond acceptors (Lipinski definition) is 15. The average molecular weight is 937 g/mol. The highest BCUT2D eigenvalue weighted by Gasteiger charge is 2.59. The smallest absolute Gasteiger partial charge is 0.456 e. The first kappa shape index (κ1) is 55.6. The number of carbonyl (C=O) groups is 2. The molecule has 1 rings (SSSR count).